The van der Waals surface area contributed by atoms with E-state index in [1.54, 1.807) is 0 Å². The number of rotatable bonds is 4. The summed E-state index contributed by atoms with van der Waals surface area (Å²) in [6.45, 7) is 4.22. The van der Waals surface area contributed by atoms with Crippen molar-refractivity contribution >= 4 is 11.8 Å². The molecule has 2 aliphatic rings. The first-order chi connectivity index (χ1) is 14.3. The molecule has 30 heavy (non-hydrogen) atoms. The largest absolute Gasteiger partial charge is 0.418 e. The van der Waals surface area contributed by atoms with E-state index in [0.29, 0.717) is 25.9 Å². The number of aromatic nitrogens is 1. The minimum atomic E-state index is -4.64. The molecule has 3 rings (SSSR count). The minimum absolute atomic E-state index is 0.0473. The summed E-state index contributed by atoms with van der Waals surface area (Å²) in [7, 11) is 0. The number of amides is 2. The number of hydrogen-bond acceptors (Lipinski definition) is 3. The van der Waals surface area contributed by atoms with Crippen LogP contribution in [0.25, 0.3) is 0 Å². The third-order valence-corrected chi connectivity index (χ3v) is 6.21. The predicted octanol–water partition coefficient (Wildman–Crippen LogP) is 4.38. The molecule has 2 atom stereocenters. The second kappa shape index (κ2) is 9.79. The van der Waals surface area contributed by atoms with E-state index in [0.717, 1.165) is 51.3 Å². The van der Waals surface area contributed by atoms with Crippen molar-refractivity contribution in [3.05, 3.63) is 29.6 Å². The summed E-state index contributed by atoms with van der Waals surface area (Å²) in [4.78, 5) is 33.4. The van der Waals surface area contributed by atoms with Crippen LogP contribution in [0.4, 0.5) is 13.2 Å². The molecule has 2 unspecified atom stereocenters. The van der Waals surface area contributed by atoms with Gasteiger partial charge in [-0.2, -0.15) is 13.2 Å². The molecule has 0 aliphatic carbocycles. The molecule has 1 aromatic heterocycles. The van der Waals surface area contributed by atoms with Gasteiger partial charge < -0.3 is 9.80 Å². The van der Waals surface area contributed by atoms with Gasteiger partial charge in [0.2, 0.25) is 5.91 Å². The van der Waals surface area contributed by atoms with Gasteiger partial charge in [0.05, 0.1) is 5.56 Å². The fourth-order valence-corrected chi connectivity index (χ4v) is 4.72. The van der Waals surface area contributed by atoms with E-state index in [2.05, 4.69) is 4.98 Å². The molecule has 1 aromatic rings. The number of halogens is 3. The van der Waals surface area contributed by atoms with Crippen LogP contribution < -0.4 is 0 Å². The van der Waals surface area contributed by atoms with Gasteiger partial charge in [-0.15, -0.1) is 0 Å². The number of pyridine rings is 1. The second-order valence-corrected chi connectivity index (χ2v) is 8.33. The van der Waals surface area contributed by atoms with Gasteiger partial charge in [-0.05, 0) is 56.6 Å². The first-order valence-corrected chi connectivity index (χ1v) is 10.9. The molecule has 0 spiro atoms. The Bertz CT molecular complexity index is 747. The topological polar surface area (TPSA) is 53.5 Å². The summed E-state index contributed by atoms with van der Waals surface area (Å²) in [5.41, 5.74) is -1.56. The second-order valence-electron chi connectivity index (χ2n) is 8.33. The Hall–Kier alpha value is -2.12. The molecule has 2 fully saturated rings. The molecule has 0 bridgehead atoms. The lowest BCUT2D eigenvalue weighted by atomic mass is 9.84. The van der Waals surface area contributed by atoms with Crippen LogP contribution >= 0.6 is 0 Å². The molecule has 0 aromatic carbocycles. The normalized spacial score (nSPS) is 23.2. The first kappa shape index (κ1) is 22.6. The van der Waals surface area contributed by atoms with E-state index in [1.807, 2.05) is 11.8 Å². The molecule has 2 aliphatic heterocycles. The maximum atomic E-state index is 13.4. The standard InChI is InChI=1S/C22H30F3N3O2/c1-2-8-16-15-28(21(30)19-18(22(23,24)25)10-6-11-26-19)14-7-9-17(16)20(29)27-12-4-3-5-13-27/h6,10-11,16-17H,2-5,7-9,12-15H2,1H3. The van der Waals surface area contributed by atoms with Gasteiger partial charge in [0.15, 0.2) is 0 Å². The number of alkyl halides is 3. The molecule has 0 saturated carbocycles. The fourth-order valence-electron chi connectivity index (χ4n) is 4.72. The SMILES string of the molecule is CCCC1CN(C(=O)c2ncccc2C(F)(F)F)CCCC1C(=O)N1CCCCC1. The summed E-state index contributed by atoms with van der Waals surface area (Å²) in [5, 5.41) is 0. The van der Waals surface area contributed by atoms with Crippen LogP contribution in [0.1, 0.15) is 67.9 Å². The Balaban J connectivity index is 1.80. The van der Waals surface area contributed by atoms with Crippen LogP contribution in [0, 0.1) is 11.8 Å². The lowest BCUT2D eigenvalue weighted by Gasteiger charge is -2.34. The molecule has 2 amide bonds. The third-order valence-electron chi connectivity index (χ3n) is 6.21. The quantitative estimate of drug-likeness (QED) is 0.719. The highest BCUT2D eigenvalue weighted by Gasteiger charge is 2.39. The zero-order valence-corrected chi connectivity index (χ0v) is 17.5. The molecular weight excluding hydrogens is 395 g/mol. The Kier molecular flexibility index (Phi) is 7.36. The van der Waals surface area contributed by atoms with Crippen LogP contribution in [0.5, 0.6) is 0 Å². The van der Waals surface area contributed by atoms with Crippen molar-refractivity contribution < 1.29 is 22.8 Å². The molecule has 2 saturated heterocycles. The maximum Gasteiger partial charge on any atom is 0.418 e. The monoisotopic (exact) mass is 425 g/mol. The first-order valence-electron chi connectivity index (χ1n) is 10.9. The lowest BCUT2D eigenvalue weighted by Crippen LogP contribution is -2.44. The Morgan fingerprint density at radius 3 is 2.47 bits per heavy atom. The summed E-state index contributed by atoms with van der Waals surface area (Å²) >= 11 is 0. The van der Waals surface area contributed by atoms with Crippen molar-refractivity contribution in [2.45, 2.75) is 58.0 Å². The molecule has 3 heterocycles. The molecular formula is C22H30F3N3O2. The van der Waals surface area contributed by atoms with Crippen LogP contribution in [0.2, 0.25) is 0 Å². The van der Waals surface area contributed by atoms with Gasteiger partial charge in [0, 0.05) is 38.3 Å². The third kappa shape index (κ3) is 5.13. The summed E-state index contributed by atoms with van der Waals surface area (Å²) in [5.74, 6) is -0.771. The Morgan fingerprint density at radius 2 is 1.80 bits per heavy atom. The van der Waals surface area contributed by atoms with Crippen molar-refractivity contribution in [3.8, 4) is 0 Å². The summed E-state index contributed by atoms with van der Waals surface area (Å²) < 4.78 is 40.1. The molecule has 5 nitrogen and oxygen atoms in total. The molecule has 0 radical (unpaired) electrons. The highest BCUT2D eigenvalue weighted by atomic mass is 19.4. The van der Waals surface area contributed by atoms with E-state index < -0.39 is 23.3 Å². The zero-order valence-electron chi connectivity index (χ0n) is 17.5. The maximum absolute atomic E-state index is 13.4. The Labute approximate surface area is 175 Å². The van der Waals surface area contributed by atoms with Crippen molar-refractivity contribution in [3.63, 3.8) is 0 Å². The summed E-state index contributed by atoms with van der Waals surface area (Å²) in [6, 6.07) is 2.08. The van der Waals surface area contributed by atoms with E-state index in [9.17, 15) is 22.8 Å². The highest BCUT2D eigenvalue weighted by molar-refractivity contribution is 5.94. The minimum Gasteiger partial charge on any atom is -0.342 e. The van der Waals surface area contributed by atoms with Gasteiger partial charge in [-0.25, -0.2) is 0 Å². The van der Waals surface area contributed by atoms with Gasteiger partial charge in [-0.1, -0.05) is 13.3 Å². The van der Waals surface area contributed by atoms with Crippen molar-refractivity contribution in [1.29, 1.82) is 0 Å². The zero-order chi connectivity index (χ0) is 21.7. The van der Waals surface area contributed by atoms with Gasteiger partial charge in [0.1, 0.15) is 5.69 Å². The molecule has 8 heteroatoms. The number of carbonyl (C=O) groups is 2. The number of hydrogen-bond donors (Lipinski definition) is 0. The molecule has 0 N–H and O–H groups in total. The van der Waals surface area contributed by atoms with E-state index in [-0.39, 0.29) is 17.7 Å². The lowest BCUT2D eigenvalue weighted by molar-refractivity contribution is -0.139. The Morgan fingerprint density at radius 1 is 1.10 bits per heavy atom. The summed E-state index contributed by atoms with van der Waals surface area (Å²) in [6.07, 6.45) is 2.63. The fraction of sp³-hybridized carbons (Fsp3) is 0.682. The van der Waals surface area contributed by atoms with Crippen LogP contribution in [-0.4, -0.2) is 52.8 Å². The van der Waals surface area contributed by atoms with Crippen LogP contribution in [-0.2, 0) is 11.0 Å². The van der Waals surface area contributed by atoms with Crippen molar-refractivity contribution in [1.82, 2.24) is 14.8 Å². The van der Waals surface area contributed by atoms with Gasteiger partial charge in [0.25, 0.3) is 5.91 Å². The highest BCUT2D eigenvalue weighted by Crippen LogP contribution is 2.34. The number of piperidine rings is 1. The smallest absolute Gasteiger partial charge is 0.342 e. The van der Waals surface area contributed by atoms with E-state index in [1.165, 1.54) is 17.2 Å². The van der Waals surface area contributed by atoms with E-state index >= 15 is 0 Å². The van der Waals surface area contributed by atoms with Gasteiger partial charge in [-0.3, -0.25) is 14.6 Å². The molecule has 166 valence electrons. The van der Waals surface area contributed by atoms with Crippen molar-refractivity contribution in [2.24, 2.45) is 11.8 Å². The average Bonchev–Trinajstić information content (AvgIpc) is 2.95. The number of nitrogens with zero attached hydrogens (tertiary/aromatic N) is 3. The number of carbonyl (C=O) groups excluding carboxylic acids is 2. The van der Waals surface area contributed by atoms with Crippen LogP contribution in [0.3, 0.4) is 0 Å². The average molecular weight is 425 g/mol. The number of likely N-dealkylation sites (tertiary alicyclic amines) is 2. The van der Waals surface area contributed by atoms with Gasteiger partial charge >= 0.3 is 6.18 Å². The van der Waals surface area contributed by atoms with Crippen LogP contribution in [0.15, 0.2) is 18.3 Å². The van der Waals surface area contributed by atoms with E-state index in [4.69, 9.17) is 0 Å². The van der Waals surface area contributed by atoms with Crippen molar-refractivity contribution in [2.75, 3.05) is 26.2 Å². The predicted molar refractivity (Wildman–Crippen MR) is 107 cm³/mol.